The molecule has 2 fully saturated rings. The van der Waals surface area contributed by atoms with Crippen LogP contribution in [0.2, 0.25) is 5.02 Å². The van der Waals surface area contributed by atoms with Crippen molar-refractivity contribution in [2.45, 2.75) is 44.2 Å². The normalized spacial score (nSPS) is 20.5. The topological polar surface area (TPSA) is 107 Å². The summed E-state index contributed by atoms with van der Waals surface area (Å²) in [6.07, 6.45) is 5.47. The fourth-order valence-corrected chi connectivity index (χ4v) is 4.97. The maximum Gasteiger partial charge on any atom is 0.279 e. The van der Waals surface area contributed by atoms with Gasteiger partial charge in [0, 0.05) is 30.1 Å². The van der Waals surface area contributed by atoms with Gasteiger partial charge in [-0.1, -0.05) is 23.7 Å². The van der Waals surface area contributed by atoms with Gasteiger partial charge < -0.3 is 10.3 Å². The summed E-state index contributed by atoms with van der Waals surface area (Å²) in [6.45, 7) is 4.27. The number of likely N-dealkylation sites (tertiary alicyclic amines) is 1. The summed E-state index contributed by atoms with van der Waals surface area (Å²) < 4.78 is 9.17. The molecule has 1 aliphatic carbocycles. The number of halogens is 1. The second-order valence-electron chi connectivity index (χ2n) is 9.05. The lowest BCUT2D eigenvalue weighted by molar-refractivity contribution is 0.200. The summed E-state index contributed by atoms with van der Waals surface area (Å²) in [6, 6.07) is 5.59. The average molecular weight is 454 g/mol. The van der Waals surface area contributed by atoms with E-state index in [0.29, 0.717) is 34.5 Å². The third-order valence-electron chi connectivity index (χ3n) is 6.84. The number of hydrogen-bond donors (Lipinski definition) is 1. The van der Waals surface area contributed by atoms with E-state index in [-0.39, 0.29) is 17.1 Å². The first-order valence-corrected chi connectivity index (χ1v) is 11.4. The van der Waals surface area contributed by atoms with E-state index in [1.54, 1.807) is 10.7 Å². The van der Waals surface area contributed by atoms with Crippen molar-refractivity contribution in [2.24, 2.45) is 5.73 Å². The van der Waals surface area contributed by atoms with Gasteiger partial charge in [-0.05, 0) is 43.9 Å². The molecule has 1 unspecified atom stereocenters. The Morgan fingerprint density at radius 2 is 2.16 bits per heavy atom. The summed E-state index contributed by atoms with van der Waals surface area (Å²) >= 11 is 6.34. The predicted molar refractivity (Wildman–Crippen MR) is 121 cm³/mol. The Balaban J connectivity index is 1.61. The highest BCUT2D eigenvalue weighted by Crippen LogP contribution is 2.47. The summed E-state index contributed by atoms with van der Waals surface area (Å²) in [5.41, 5.74) is 8.13. The first kappa shape index (κ1) is 19.9. The third-order valence-corrected chi connectivity index (χ3v) is 7.08. The van der Waals surface area contributed by atoms with E-state index in [1.807, 2.05) is 22.8 Å². The van der Waals surface area contributed by atoms with E-state index >= 15 is 0 Å². The highest BCUT2D eigenvalue weighted by molar-refractivity contribution is 6.31. The molecule has 32 heavy (non-hydrogen) atoms. The van der Waals surface area contributed by atoms with E-state index in [9.17, 15) is 4.79 Å². The van der Waals surface area contributed by atoms with Crippen LogP contribution in [0.4, 0.5) is 0 Å². The zero-order valence-electron chi connectivity index (χ0n) is 17.8. The molecule has 9 nitrogen and oxygen atoms in total. The number of nitrogens with zero attached hydrogens (tertiary/aromatic N) is 6. The van der Waals surface area contributed by atoms with Gasteiger partial charge in [-0.2, -0.15) is 4.98 Å². The van der Waals surface area contributed by atoms with Crippen molar-refractivity contribution in [2.75, 3.05) is 19.6 Å². The smallest absolute Gasteiger partial charge is 0.279 e. The molecule has 1 aliphatic heterocycles. The zero-order chi connectivity index (χ0) is 22.0. The average Bonchev–Trinajstić information content (AvgIpc) is 3.20. The highest BCUT2D eigenvalue weighted by atomic mass is 35.5. The molecule has 1 atom stereocenters. The van der Waals surface area contributed by atoms with Crippen molar-refractivity contribution in [1.82, 2.24) is 29.0 Å². The summed E-state index contributed by atoms with van der Waals surface area (Å²) in [4.78, 5) is 25.4. The summed E-state index contributed by atoms with van der Waals surface area (Å²) in [7, 11) is 0. The molecule has 1 aromatic carbocycles. The molecule has 3 aromatic heterocycles. The lowest BCUT2D eigenvalue weighted by Gasteiger charge is -2.27. The molecule has 2 N–H and O–H groups in total. The predicted octanol–water partition coefficient (Wildman–Crippen LogP) is 2.96. The van der Waals surface area contributed by atoms with Crippen molar-refractivity contribution in [3.8, 4) is 11.5 Å². The lowest BCUT2D eigenvalue weighted by Crippen LogP contribution is -2.37. The minimum absolute atomic E-state index is 0.0585. The molecule has 2 aliphatic rings. The van der Waals surface area contributed by atoms with E-state index in [4.69, 9.17) is 21.9 Å². The van der Waals surface area contributed by atoms with Gasteiger partial charge in [-0.3, -0.25) is 18.7 Å². The SMILES string of the molecule is CC1(c2nc(-c3ncn4c3c(=O)n(C3CCCN3CCN)c3cc(Cl)ccc34)no2)CC1. The van der Waals surface area contributed by atoms with Crippen molar-refractivity contribution < 1.29 is 4.52 Å². The number of aromatic nitrogens is 5. The number of rotatable bonds is 5. The van der Waals surface area contributed by atoms with Crippen LogP contribution in [0.5, 0.6) is 0 Å². The van der Waals surface area contributed by atoms with Gasteiger partial charge in [0.25, 0.3) is 5.56 Å². The maximum atomic E-state index is 14.0. The van der Waals surface area contributed by atoms with Crippen LogP contribution in [-0.2, 0) is 5.41 Å². The number of imidazole rings is 1. The van der Waals surface area contributed by atoms with Crippen LogP contribution in [0.25, 0.3) is 28.1 Å². The summed E-state index contributed by atoms with van der Waals surface area (Å²) in [5, 5.41) is 4.74. The lowest BCUT2D eigenvalue weighted by atomic mass is 10.1. The third kappa shape index (κ3) is 2.92. The second-order valence-corrected chi connectivity index (χ2v) is 9.49. The van der Waals surface area contributed by atoms with Gasteiger partial charge in [0.1, 0.15) is 17.5 Å². The Hall–Kier alpha value is -2.75. The molecular weight excluding hydrogens is 430 g/mol. The molecule has 4 heterocycles. The fraction of sp³-hybridized carbons (Fsp3) is 0.455. The first-order valence-electron chi connectivity index (χ1n) is 11.0. The van der Waals surface area contributed by atoms with Crippen LogP contribution in [-0.4, -0.2) is 48.6 Å². The van der Waals surface area contributed by atoms with Gasteiger partial charge in [0.15, 0.2) is 0 Å². The Labute approximate surface area is 188 Å². The van der Waals surface area contributed by atoms with Crippen molar-refractivity contribution in [3.05, 3.63) is 45.8 Å². The van der Waals surface area contributed by atoms with Crippen molar-refractivity contribution in [1.29, 1.82) is 0 Å². The van der Waals surface area contributed by atoms with Crippen LogP contribution in [0.15, 0.2) is 33.8 Å². The number of fused-ring (bicyclic) bond motifs is 3. The summed E-state index contributed by atoms with van der Waals surface area (Å²) in [5.74, 6) is 0.948. The number of nitrogens with two attached hydrogens (primary N) is 1. The molecule has 0 amide bonds. The highest BCUT2D eigenvalue weighted by Gasteiger charge is 2.45. The van der Waals surface area contributed by atoms with Crippen LogP contribution in [0.3, 0.4) is 0 Å². The molecule has 0 radical (unpaired) electrons. The van der Waals surface area contributed by atoms with Crippen LogP contribution < -0.4 is 11.3 Å². The second kappa shape index (κ2) is 7.13. The Kier molecular flexibility index (Phi) is 4.43. The van der Waals surface area contributed by atoms with Crippen LogP contribution in [0, 0.1) is 0 Å². The standard InChI is InChI=1S/C22H24ClN7O2/c1-22(6-7-22)21-26-19(27-32-21)17-18-20(31)30(16-3-2-9-28(16)10-8-24)15-11-13(23)4-5-14(15)29(18)12-25-17/h4-5,11-12,16H,2-3,6-10,24H2,1H3. The van der Waals surface area contributed by atoms with Gasteiger partial charge in [-0.15, -0.1) is 0 Å². The van der Waals surface area contributed by atoms with Crippen LogP contribution in [0.1, 0.15) is 44.7 Å². The molecule has 0 bridgehead atoms. The fourth-order valence-electron chi connectivity index (χ4n) is 4.81. The Bertz CT molecular complexity index is 1400. The molecule has 6 rings (SSSR count). The van der Waals surface area contributed by atoms with Gasteiger partial charge in [0.2, 0.25) is 11.7 Å². The molecule has 166 valence electrons. The minimum atomic E-state index is -0.148. The Morgan fingerprint density at radius 1 is 1.31 bits per heavy atom. The van der Waals surface area contributed by atoms with Crippen LogP contribution >= 0.6 is 11.6 Å². The van der Waals surface area contributed by atoms with Crippen molar-refractivity contribution >= 4 is 28.2 Å². The number of hydrogen-bond acceptors (Lipinski definition) is 7. The van der Waals surface area contributed by atoms with E-state index in [0.717, 1.165) is 49.8 Å². The molecule has 4 aromatic rings. The largest absolute Gasteiger partial charge is 0.338 e. The first-order chi connectivity index (χ1) is 15.5. The molecule has 1 saturated carbocycles. The van der Waals surface area contributed by atoms with Gasteiger partial charge in [0.05, 0.1) is 17.2 Å². The molecule has 10 heteroatoms. The van der Waals surface area contributed by atoms with Crippen molar-refractivity contribution in [3.63, 3.8) is 0 Å². The molecule has 0 spiro atoms. The van der Waals surface area contributed by atoms with E-state index in [2.05, 4.69) is 26.9 Å². The molecule has 1 saturated heterocycles. The monoisotopic (exact) mass is 453 g/mol. The minimum Gasteiger partial charge on any atom is -0.338 e. The van der Waals surface area contributed by atoms with E-state index in [1.165, 1.54) is 0 Å². The zero-order valence-corrected chi connectivity index (χ0v) is 18.5. The quantitative estimate of drug-likeness (QED) is 0.495. The maximum absolute atomic E-state index is 14.0. The van der Waals surface area contributed by atoms with E-state index < -0.39 is 0 Å². The molecular formula is C22H24ClN7O2. The number of benzene rings is 1. The Morgan fingerprint density at radius 3 is 2.94 bits per heavy atom. The van der Waals surface area contributed by atoms with Gasteiger partial charge >= 0.3 is 0 Å². The van der Waals surface area contributed by atoms with Gasteiger partial charge in [-0.25, -0.2) is 4.98 Å².